The molecule has 3 heterocycles. The Bertz CT molecular complexity index is 835. The summed E-state index contributed by atoms with van der Waals surface area (Å²) in [5.41, 5.74) is 1.67. The summed E-state index contributed by atoms with van der Waals surface area (Å²) >= 11 is 2.80. The minimum atomic E-state index is -3.67. The summed E-state index contributed by atoms with van der Waals surface area (Å²) in [7, 11) is -3.67. The molecule has 0 amide bonds. The molecule has 7 nitrogen and oxygen atoms in total. The standard InChI is InChI=1S/C11H13N5O2S3/c1-2-13-9-10(16-3-4-19-11(16)15-9)21(17,18)14-6-8-5-12-7-20-8/h3-5,7,13-14H,2,6H2,1H3. The Hall–Kier alpha value is -1.49. The number of hydrogen-bond donors (Lipinski definition) is 2. The number of hydrogen-bond acceptors (Lipinski definition) is 7. The third-order valence-electron chi connectivity index (χ3n) is 2.74. The van der Waals surface area contributed by atoms with Crippen LogP contribution in [0, 0.1) is 0 Å². The molecular weight excluding hydrogens is 330 g/mol. The molecule has 0 unspecified atom stereocenters. The number of thiazole rings is 2. The van der Waals surface area contributed by atoms with Crippen LogP contribution in [0.25, 0.3) is 4.96 Å². The Balaban J connectivity index is 1.96. The SMILES string of the molecule is CCNc1nc2sccn2c1S(=O)(=O)NCc1cncs1. The van der Waals surface area contributed by atoms with Gasteiger partial charge in [-0.2, -0.15) is 0 Å². The second-order valence-corrected chi connectivity index (χ2v) is 7.67. The van der Waals surface area contributed by atoms with Crippen LogP contribution < -0.4 is 10.0 Å². The summed E-state index contributed by atoms with van der Waals surface area (Å²) in [4.78, 5) is 9.74. The van der Waals surface area contributed by atoms with Crippen molar-refractivity contribution in [2.24, 2.45) is 0 Å². The minimum absolute atomic E-state index is 0.144. The Morgan fingerprint density at radius 2 is 2.24 bits per heavy atom. The third kappa shape index (κ3) is 2.79. The molecule has 2 N–H and O–H groups in total. The zero-order chi connectivity index (χ0) is 14.9. The van der Waals surface area contributed by atoms with E-state index in [2.05, 4.69) is 20.0 Å². The quantitative estimate of drug-likeness (QED) is 0.712. The first-order valence-electron chi connectivity index (χ1n) is 6.18. The normalized spacial score (nSPS) is 12.0. The molecule has 112 valence electrons. The second-order valence-electron chi connectivity index (χ2n) is 4.14. The van der Waals surface area contributed by atoms with Crippen molar-refractivity contribution in [2.45, 2.75) is 18.5 Å². The predicted molar refractivity (Wildman–Crippen MR) is 83.4 cm³/mol. The van der Waals surface area contributed by atoms with Crippen molar-refractivity contribution in [3.05, 3.63) is 28.2 Å². The molecule has 0 aliphatic carbocycles. The second kappa shape index (κ2) is 5.72. The average Bonchev–Trinajstić information content (AvgIpc) is 3.12. The van der Waals surface area contributed by atoms with Crippen molar-refractivity contribution in [1.29, 1.82) is 0 Å². The topological polar surface area (TPSA) is 88.4 Å². The lowest BCUT2D eigenvalue weighted by molar-refractivity contribution is 0.577. The molecule has 0 aromatic carbocycles. The molecular formula is C11H13N5O2S3. The molecule has 21 heavy (non-hydrogen) atoms. The summed E-state index contributed by atoms with van der Waals surface area (Å²) in [5, 5.41) is 4.95. The predicted octanol–water partition coefficient (Wildman–Crippen LogP) is 1.76. The van der Waals surface area contributed by atoms with Crippen LogP contribution in [0.1, 0.15) is 11.8 Å². The van der Waals surface area contributed by atoms with Gasteiger partial charge in [0.2, 0.25) is 0 Å². The number of aromatic nitrogens is 3. The third-order valence-corrected chi connectivity index (χ3v) is 5.70. The molecule has 0 radical (unpaired) electrons. The van der Waals surface area contributed by atoms with Gasteiger partial charge in [-0.25, -0.2) is 18.1 Å². The van der Waals surface area contributed by atoms with Gasteiger partial charge in [0, 0.05) is 35.7 Å². The van der Waals surface area contributed by atoms with Crippen molar-refractivity contribution in [1.82, 2.24) is 19.1 Å². The first-order chi connectivity index (χ1) is 10.1. The van der Waals surface area contributed by atoms with E-state index in [9.17, 15) is 8.42 Å². The van der Waals surface area contributed by atoms with Gasteiger partial charge in [-0.05, 0) is 6.92 Å². The molecule has 0 spiro atoms. The van der Waals surface area contributed by atoms with Crippen molar-refractivity contribution in [2.75, 3.05) is 11.9 Å². The van der Waals surface area contributed by atoms with Crippen LogP contribution in [-0.2, 0) is 16.6 Å². The maximum Gasteiger partial charge on any atom is 0.260 e. The first-order valence-corrected chi connectivity index (χ1v) is 9.42. The largest absolute Gasteiger partial charge is 0.368 e. The van der Waals surface area contributed by atoms with Gasteiger partial charge in [0.25, 0.3) is 10.0 Å². The van der Waals surface area contributed by atoms with E-state index in [1.165, 1.54) is 22.7 Å². The summed E-state index contributed by atoms with van der Waals surface area (Å²) in [5.74, 6) is 0.376. The summed E-state index contributed by atoms with van der Waals surface area (Å²) in [6.45, 7) is 2.72. The van der Waals surface area contributed by atoms with E-state index in [1.807, 2.05) is 6.92 Å². The number of imidazole rings is 1. The summed E-state index contributed by atoms with van der Waals surface area (Å²) < 4.78 is 29.3. The van der Waals surface area contributed by atoms with Crippen LogP contribution in [0.3, 0.4) is 0 Å². The molecule has 0 saturated heterocycles. The van der Waals surface area contributed by atoms with Gasteiger partial charge in [0.1, 0.15) is 0 Å². The van der Waals surface area contributed by atoms with Crippen molar-refractivity contribution < 1.29 is 8.42 Å². The number of sulfonamides is 1. The molecule has 0 atom stereocenters. The Morgan fingerprint density at radius 3 is 2.95 bits per heavy atom. The molecule has 0 aliphatic rings. The number of nitrogens with zero attached hydrogens (tertiary/aromatic N) is 3. The van der Waals surface area contributed by atoms with Gasteiger partial charge in [-0.15, -0.1) is 22.7 Å². The molecule has 3 rings (SSSR count). The Labute approximate surface area is 129 Å². The number of nitrogens with one attached hydrogen (secondary N) is 2. The number of fused-ring (bicyclic) bond motifs is 1. The number of rotatable bonds is 6. The van der Waals surface area contributed by atoms with Gasteiger partial charge in [-0.3, -0.25) is 9.38 Å². The minimum Gasteiger partial charge on any atom is -0.368 e. The number of anilines is 1. The molecule has 0 saturated carbocycles. The molecule has 0 aliphatic heterocycles. The fourth-order valence-corrected chi connectivity index (χ4v) is 4.53. The van der Waals surface area contributed by atoms with Gasteiger partial charge >= 0.3 is 0 Å². The smallest absolute Gasteiger partial charge is 0.260 e. The molecule has 3 aromatic rings. The fourth-order valence-electron chi connectivity index (χ4n) is 1.87. The van der Waals surface area contributed by atoms with Crippen LogP contribution in [0.5, 0.6) is 0 Å². The highest BCUT2D eigenvalue weighted by Gasteiger charge is 2.25. The first kappa shape index (κ1) is 14.4. The van der Waals surface area contributed by atoms with Crippen LogP contribution in [0.4, 0.5) is 5.82 Å². The van der Waals surface area contributed by atoms with E-state index in [4.69, 9.17) is 0 Å². The van der Waals surface area contributed by atoms with Gasteiger partial charge in [0.15, 0.2) is 15.8 Å². The Morgan fingerprint density at radius 1 is 1.38 bits per heavy atom. The highest BCUT2D eigenvalue weighted by Crippen LogP contribution is 2.25. The van der Waals surface area contributed by atoms with E-state index in [0.717, 1.165) is 4.88 Å². The van der Waals surface area contributed by atoms with E-state index in [1.54, 1.807) is 27.7 Å². The summed E-state index contributed by atoms with van der Waals surface area (Å²) in [6, 6.07) is 0. The maximum absolute atomic E-state index is 12.6. The van der Waals surface area contributed by atoms with E-state index in [0.29, 0.717) is 17.3 Å². The maximum atomic E-state index is 12.6. The fraction of sp³-hybridized carbons (Fsp3) is 0.273. The summed E-state index contributed by atoms with van der Waals surface area (Å²) in [6.07, 6.45) is 3.35. The lowest BCUT2D eigenvalue weighted by Crippen LogP contribution is -2.25. The average molecular weight is 343 g/mol. The zero-order valence-corrected chi connectivity index (χ0v) is 13.6. The van der Waals surface area contributed by atoms with Gasteiger partial charge in [-0.1, -0.05) is 0 Å². The van der Waals surface area contributed by atoms with Crippen molar-refractivity contribution in [3.63, 3.8) is 0 Å². The van der Waals surface area contributed by atoms with E-state index >= 15 is 0 Å². The van der Waals surface area contributed by atoms with Crippen molar-refractivity contribution >= 4 is 43.5 Å². The zero-order valence-electron chi connectivity index (χ0n) is 11.1. The van der Waals surface area contributed by atoms with E-state index < -0.39 is 10.0 Å². The Kier molecular flexibility index (Phi) is 3.93. The highest BCUT2D eigenvalue weighted by molar-refractivity contribution is 7.89. The monoisotopic (exact) mass is 343 g/mol. The van der Waals surface area contributed by atoms with Crippen LogP contribution >= 0.6 is 22.7 Å². The van der Waals surface area contributed by atoms with Crippen molar-refractivity contribution in [3.8, 4) is 0 Å². The van der Waals surface area contributed by atoms with Crippen LogP contribution in [0.15, 0.2) is 28.3 Å². The molecule has 10 heteroatoms. The van der Waals surface area contributed by atoms with Crippen LogP contribution in [0.2, 0.25) is 0 Å². The lowest BCUT2D eigenvalue weighted by atomic mass is 10.6. The lowest BCUT2D eigenvalue weighted by Gasteiger charge is -2.07. The highest BCUT2D eigenvalue weighted by atomic mass is 32.2. The molecule has 0 bridgehead atoms. The van der Waals surface area contributed by atoms with Crippen LogP contribution in [-0.4, -0.2) is 29.3 Å². The van der Waals surface area contributed by atoms with E-state index in [-0.39, 0.29) is 11.6 Å². The molecule has 3 aromatic heterocycles. The van der Waals surface area contributed by atoms with Gasteiger partial charge in [0.05, 0.1) is 5.51 Å². The van der Waals surface area contributed by atoms with Gasteiger partial charge < -0.3 is 5.32 Å². The molecule has 0 fully saturated rings.